The molecular weight excluding hydrogens is 415 g/mol. The Labute approximate surface area is 201 Å². The lowest BCUT2D eigenvalue weighted by molar-refractivity contribution is 0.144. The summed E-state index contributed by atoms with van der Waals surface area (Å²) in [5, 5.41) is 8.52. The van der Waals surface area contributed by atoms with E-state index in [4.69, 9.17) is 5.11 Å². The molecule has 1 N–H and O–H groups in total. The van der Waals surface area contributed by atoms with Gasteiger partial charge in [0, 0.05) is 6.07 Å². The quantitative estimate of drug-likeness (QED) is 0.214. The highest BCUT2D eigenvalue weighted by atomic mass is 19.1. The molecule has 4 heteroatoms. The van der Waals surface area contributed by atoms with E-state index < -0.39 is 6.16 Å². The van der Waals surface area contributed by atoms with Crippen molar-refractivity contribution in [1.82, 2.24) is 0 Å². The first-order valence-corrected chi connectivity index (χ1v) is 13.7. The number of carboxylic acid groups (broad SMARTS) is 1. The van der Waals surface area contributed by atoms with Crippen molar-refractivity contribution in [1.29, 1.82) is 0 Å². The van der Waals surface area contributed by atoms with Gasteiger partial charge in [0.1, 0.15) is 11.6 Å². The molecule has 0 saturated heterocycles. The van der Waals surface area contributed by atoms with Crippen LogP contribution in [0.3, 0.4) is 0 Å². The van der Waals surface area contributed by atoms with Crippen LogP contribution in [0.5, 0.6) is 5.75 Å². The average molecular weight is 463 g/mol. The van der Waals surface area contributed by atoms with Crippen molar-refractivity contribution in [3.63, 3.8) is 0 Å². The minimum absolute atomic E-state index is 0.0359. The molecule has 188 valence electrons. The summed E-state index contributed by atoms with van der Waals surface area (Å²) >= 11 is 0. The van der Waals surface area contributed by atoms with Gasteiger partial charge in [0.2, 0.25) is 0 Å². The molecule has 2 aliphatic carbocycles. The van der Waals surface area contributed by atoms with E-state index in [1.165, 1.54) is 102 Å². The van der Waals surface area contributed by atoms with Crippen LogP contribution in [-0.2, 0) is 6.42 Å². The Morgan fingerprint density at radius 1 is 0.879 bits per heavy atom. The third kappa shape index (κ3) is 11.4. The number of rotatable bonds is 10. The van der Waals surface area contributed by atoms with Crippen LogP contribution >= 0.6 is 0 Å². The van der Waals surface area contributed by atoms with Crippen molar-refractivity contribution in [2.45, 2.75) is 123 Å². The van der Waals surface area contributed by atoms with Gasteiger partial charge in [-0.3, -0.25) is 0 Å². The van der Waals surface area contributed by atoms with Crippen LogP contribution < -0.4 is 4.74 Å². The molecule has 2 aliphatic rings. The summed E-state index contributed by atoms with van der Waals surface area (Å²) in [5.74, 6) is 2.36. The number of benzene rings is 1. The summed E-state index contributed by atoms with van der Waals surface area (Å²) in [6.45, 7) is 4.54. The van der Waals surface area contributed by atoms with Crippen LogP contribution in [-0.4, -0.2) is 11.3 Å². The van der Waals surface area contributed by atoms with E-state index in [-0.39, 0.29) is 11.6 Å². The van der Waals surface area contributed by atoms with Gasteiger partial charge in [0.05, 0.1) is 0 Å². The third-order valence-corrected chi connectivity index (χ3v) is 7.66. The maximum Gasteiger partial charge on any atom is 0.511 e. The molecule has 1 aromatic rings. The van der Waals surface area contributed by atoms with Gasteiger partial charge in [0.15, 0.2) is 0 Å². The first kappa shape index (κ1) is 27.7. The molecule has 0 aliphatic heterocycles. The van der Waals surface area contributed by atoms with Crippen molar-refractivity contribution < 1.29 is 19.0 Å². The maximum absolute atomic E-state index is 13.9. The lowest BCUT2D eigenvalue weighted by atomic mass is 9.78. The first-order valence-electron chi connectivity index (χ1n) is 13.7. The fourth-order valence-electron chi connectivity index (χ4n) is 5.63. The Balaban J connectivity index is 0.000000294. The predicted octanol–water partition coefficient (Wildman–Crippen LogP) is 9.57. The molecule has 0 amide bonds. The molecule has 2 saturated carbocycles. The van der Waals surface area contributed by atoms with E-state index in [1.54, 1.807) is 6.07 Å². The molecule has 0 bridgehead atoms. The smallest absolute Gasteiger partial charge is 0.449 e. The van der Waals surface area contributed by atoms with Gasteiger partial charge in [-0.05, 0) is 42.2 Å². The molecular formula is C29H47FO3. The zero-order valence-electron chi connectivity index (χ0n) is 21.1. The van der Waals surface area contributed by atoms with Gasteiger partial charge in [0.25, 0.3) is 0 Å². The minimum Gasteiger partial charge on any atom is -0.449 e. The molecule has 0 spiro atoms. The second-order valence-electron chi connectivity index (χ2n) is 10.3. The zero-order chi connectivity index (χ0) is 23.9. The molecule has 0 unspecified atom stereocenters. The molecule has 3 rings (SSSR count). The largest absolute Gasteiger partial charge is 0.511 e. The van der Waals surface area contributed by atoms with Gasteiger partial charge in [-0.15, -0.1) is 0 Å². The number of hydrogen-bond acceptors (Lipinski definition) is 2. The van der Waals surface area contributed by atoms with Crippen molar-refractivity contribution in [2.75, 3.05) is 0 Å². The summed E-state index contributed by atoms with van der Waals surface area (Å²) in [6, 6.07) is 4.31. The van der Waals surface area contributed by atoms with Gasteiger partial charge >= 0.3 is 6.16 Å². The van der Waals surface area contributed by atoms with Crippen molar-refractivity contribution in [3.8, 4) is 5.75 Å². The lowest BCUT2D eigenvalue weighted by Gasteiger charge is -2.28. The maximum atomic E-state index is 13.9. The highest BCUT2D eigenvalue weighted by Gasteiger charge is 2.20. The SMILES string of the molecule is CCCCCC1CCCCC1.CCC[C@H]1CC[C@H](CCc2ccc(OC(=O)O)cc2F)CC1. The van der Waals surface area contributed by atoms with Gasteiger partial charge in [-0.1, -0.05) is 116 Å². The summed E-state index contributed by atoms with van der Waals surface area (Å²) in [5.41, 5.74) is 0.647. The molecule has 2 fully saturated rings. The zero-order valence-corrected chi connectivity index (χ0v) is 21.1. The lowest BCUT2D eigenvalue weighted by Crippen LogP contribution is -2.15. The second-order valence-corrected chi connectivity index (χ2v) is 10.3. The summed E-state index contributed by atoms with van der Waals surface area (Å²) < 4.78 is 18.4. The van der Waals surface area contributed by atoms with Crippen molar-refractivity contribution >= 4 is 6.16 Å². The molecule has 3 nitrogen and oxygen atoms in total. The topological polar surface area (TPSA) is 46.5 Å². The standard InChI is InChI=1S/C18H25FO3.C11H22/c1-2-3-13-4-6-14(7-5-13)8-9-15-10-11-16(12-17(15)19)22-18(20)21;1-2-3-5-8-11-9-6-4-7-10-11/h10-14H,2-9H2,1H3,(H,20,21);11H,2-10H2,1H3/t13-,14-;. The molecule has 0 aromatic heterocycles. The molecule has 0 heterocycles. The van der Waals surface area contributed by atoms with Crippen LogP contribution in [0.4, 0.5) is 9.18 Å². The number of aryl methyl sites for hydroxylation is 1. The number of ether oxygens (including phenoxy) is 1. The summed E-state index contributed by atoms with van der Waals surface area (Å²) in [4.78, 5) is 10.4. The number of unbranched alkanes of at least 4 members (excludes halogenated alkanes) is 2. The van der Waals surface area contributed by atoms with Gasteiger partial charge in [-0.25, -0.2) is 9.18 Å². The van der Waals surface area contributed by atoms with Crippen LogP contribution in [0.2, 0.25) is 0 Å². The van der Waals surface area contributed by atoms with E-state index >= 15 is 0 Å². The Morgan fingerprint density at radius 3 is 2.09 bits per heavy atom. The highest BCUT2D eigenvalue weighted by molar-refractivity contribution is 5.61. The Kier molecular flexibility index (Phi) is 13.5. The minimum atomic E-state index is -1.42. The number of halogens is 1. The second kappa shape index (κ2) is 16.1. The normalized spacial score (nSPS) is 21.2. The van der Waals surface area contributed by atoms with Crippen LogP contribution in [0.25, 0.3) is 0 Å². The number of carbonyl (C=O) groups is 1. The Hall–Kier alpha value is -1.58. The fraction of sp³-hybridized carbons (Fsp3) is 0.759. The van der Waals surface area contributed by atoms with E-state index in [2.05, 4.69) is 18.6 Å². The molecule has 1 aromatic carbocycles. The Bertz CT molecular complexity index is 661. The highest BCUT2D eigenvalue weighted by Crippen LogP contribution is 2.34. The van der Waals surface area contributed by atoms with Crippen molar-refractivity contribution in [3.05, 3.63) is 29.6 Å². The van der Waals surface area contributed by atoms with E-state index in [0.717, 1.165) is 24.3 Å². The van der Waals surface area contributed by atoms with Crippen LogP contribution in [0.1, 0.15) is 122 Å². The first-order chi connectivity index (χ1) is 16.0. The van der Waals surface area contributed by atoms with Crippen LogP contribution in [0.15, 0.2) is 18.2 Å². The van der Waals surface area contributed by atoms with Crippen molar-refractivity contribution in [2.24, 2.45) is 17.8 Å². The molecule has 0 atom stereocenters. The van der Waals surface area contributed by atoms with E-state index in [9.17, 15) is 9.18 Å². The predicted molar refractivity (Wildman–Crippen MR) is 134 cm³/mol. The third-order valence-electron chi connectivity index (χ3n) is 7.66. The summed E-state index contributed by atoms with van der Waals surface area (Å²) in [7, 11) is 0. The van der Waals surface area contributed by atoms with E-state index in [0.29, 0.717) is 17.9 Å². The van der Waals surface area contributed by atoms with E-state index in [1.807, 2.05) is 0 Å². The summed E-state index contributed by atoms with van der Waals surface area (Å²) in [6.07, 6.45) is 21.5. The fourth-order valence-corrected chi connectivity index (χ4v) is 5.63. The van der Waals surface area contributed by atoms with Gasteiger partial charge < -0.3 is 9.84 Å². The van der Waals surface area contributed by atoms with Gasteiger partial charge in [-0.2, -0.15) is 0 Å². The molecule has 0 radical (unpaired) electrons. The Morgan fingerprint density at radius 2 is 1.52 bits per heavy atom. The molecule has 33 heavy (non-hydrogen) atoms. The number of hydrogen-bond donors (Lipinski definition) is 1. The van der Waals surface area contributed by atoms with Crippen LogP contribution in [0, 0.1) is 23.6 Å². The average Bonchev–Trinajstić information content (AvgIpc) is 2.81. The monoisotopic (exact) mass is 462 g/mol.